The van der Waals surface area contributed by atoms with Gasteiger partial charge in [-0.25, -0.2) is 9.78 Å². The SMILES string of the molecule is O=C(O)c1cc(Br)cn2cncc12. The van der Waals surface area contributed by atoms with Gasteiger partial charge in [-0.3, -0.25) is 0 Å². The standard InChI is InChI=1S/C8H5BrN2O2/c9-5-1-6(8(12)13)7-2-10-4-11(7)3-5/h1-4H,(H,12,13). The number of carboxylic acid groups (broad SMARTS) is 1. The van der Waals surface area contributed by atoms with E-state index < -0.39 is 5.97 Å². The van der Waals surface area contributed by atoms with Crippen molar-refractivity contribution < 1.29 is 9.90 Å². The van der Waals surface area contributed by atoms with Crippen LogP contribution in [0.5, 0.6) is 0 Å². The van der Waals surface area contributed by atoms with Crippen LogP contribution in [0, 0.1) is 0 Å². The molecule has 0 aliphatic carbocycles. The molecule has 0 saturated carbocycles. The highest BCUT2D eigenvalue weighted by molar-refractivity contribution is 9.10. The number of rotatable bonds is 1. The van der Waals surface area contributed by atoms with Gasteiger partial charge in [-0.05, 0) is 22.0 Å². The van der Waals surface area contributed by atoms with E-state index in [0.717, 1.165) is 4.47 Å². The zero-order valence-corrected chi connectivity index (χ0v) is 8.02. The molecule has 1 N–H and O–H groups in total. The van der Waals surface area contributed by atoms with Crippen molar-refractivity contribution in [3.63, 3.8) is 0 Å². The third-order valence-electron chi connectivity index (χ3n) is 1.72. The van der Waals surface area contributed by atoms with E-state index in [4.69, 9.17) is 5.11 Å². The molecular weight excluding hydrogens is 236 g/mol. The first kappa shape index (κ1) is 8.25. The smallest absolute Gasteiger partial charge is 0.337 e. The van der Waals surface area contributed by atoms with E-state index in [9.17, 15) is 4.79 Å². The lowest BCUT2D eigenvalue weighted by molar-refractivity contribution is 0.0698. The van der Waals surface area contributed by atoms with Crippen molar-refractivity contribution in [1.82, 2.24) is 9.38 Å². The molecule has 0 saturated heterocycles. The number of hydrogen-bond donors (Lipinski definition) is 1. The van der Waals surface area contributed by atoms with Crippen molar-refractivity contribution in [3.05, 3.63) is 34.8 Å². The van der Waals surface area contributed by atoms with Gasteiger partial charge < -0.3 is 9.51 Å². The summed E-state index contributed by atoms with van der Waals surface area (Å²) in [5, 5.41) is 8.86. The van der Waals surface area contributed by atoms with Crippen LogP contribution in [0.4, 0.5) is 0 Å². The number of carboxylic acids is 1. The Bertz CT molecular complexity index is 478. The Morgan fingerprint density at radius 1 is 1.62 bits per heavy atom. The van der Waals surface area contributed by atoms with Gasteiger partial charge in [0.05, 0.1) is 23.6 Å². The van der Waals surface area contributed by atoms with E-state index >= 15 is 0 Å². The maximum absolute atomic E-state index is 10.8. The molecule has 0 aliphatic rings. The lowest BCUT2D eigenvalue weighted by Crippen LogP contribution is -1.99. The monoisotopic (exact) mass is 240 g/mol. The van der Waals surface area contributed by atoms with Crippen LogP contribution in [0.15, 0.2) is 29.3 Å². The molecule has 2 aromatic heterocycles. The van der Waals surface area contributed by atoms with Gasteiger partial charge in [-0.2, -0.15) is 0 Å². The van der Waals surface area contributed by atoms with Crippen LogP contribution in [-0.2, 0) is 0 Å². The molecule has 0 spiro atoms. The Hall–Kier alpha value is -1.36. The molecule has 13 heavy (non-hydrogen) atoms. The summed E-state index contributed by atoms with van der Waals surface area (Å²) in [6, 6.07) is 1.55. The number of aromatic nitrogens is 2. The average molecular weight is 241 g/mol. The van der Waals surface area contributed by atoms with Crippen LogP contribution in [-0.4, -0.2) is 20.5 Å². The highest BCUT2D eigenvalue weighted by Crippen LogP contribution is 2.17. The number of fused-ring (bicyclic) bond motifs is 1. The van der Waals surface area contributed by atoms with Gasteiger partial charge in [0, 0.05) is 10.7 Å². The minimum absolute atomic E-state index is 0.242. The number of aromatic carboxylic acids is 1. The molecule has 2 rings (SSSR count). The third-order valence-corrected chi connectivity index (χ3v) is 2.15. The molecule has 4 nitrogen and oxygen atoms in total. The zero-order valence-electron chi connectivity index (χ0n) is 6.44. The van der Waals surface area contributed by atoms with Gasteiger partial charge in [0.25, 0.3) is 0 Å². The van der Waals surface area contributed by atoms with Gasteiger partial charge in [-0.1, -0.05) is 0 Å². The fourth-order valence-electron chi connectivity index (χ4n) is 1.17. The van der Waals surface area contributed by atoms with Crippen LogP contribution in [0.25, 0.3) is 5.52 Å². The van der Waals surface area contributed by atoms with E-state index in [1.807, 2.05) is 0 Å². The lowest BCUT2D eigenvalue weighted by atomic mass is 10.2. The van der Waals surface area contributed by atoms with Gasteiger partial charge in [-0.15, -0.1) is 0 Å². The Morgan fingerprint density at radius 3 is 3.08 bits per heavy atom. The van der Waals surface area contributed by atoms with Gasteiger partial charge in [0.2, 0.25) is 0 Å². The second kappa shape index (κ2) is 2.85. The fourth-order valence-corrected chi connectivity index (χ4v) is 1.62. The van der Waals surface area contributed by atoms with Crippen LogP contribution in [0.2, 0.25) is 0 Å². The zero-order chi connectivity index (χ0) is 9.42. The molecular formula is C8H5BrN2O2. The van der Waals surface area contributed by atoms with Crippen LogP contribution < -0.4 is 0 Å². The highest BCUT2D eigenvalue weighted by atomic mass is 79.9. The largest absolute Gasteiger partial charge is 0.478 e. The van der Waals surface area contributed by atoms with Crippen molar-refractivity contribution in [1.29, 1.82) is 0 Å². The lowest BCUT2D eigenvalue weighted by Gasteiger charge is -1.99. The van der Waals surface area contributed by atoms with Gasteiger partial charge >= 0.3 is 5.97 Å². The predicted octanol–water partition coefficient (Wildman–Crippen LogP) is 1.79. The third kappa shape index (κ3) is 1.31. The maximum Gasteiger partial charge on any atom is 0.337 e. The Morgan fingerprint density at radius 2 is 2.38 bits per heavy atom. The van der Waals surface area contributed by atoms with Crippen LogP contribution in [0.3, 0.4) is 0 Å². The number of halogens is 1. The summed E-state index contributed by atoms with van der Waals surface area (Å²) >= 11 is 3.22. The van der Waals surface area contributed by atoms with E-state index in [-0.39, 0.29) is 5.56 Å². The molecule has 0 unspecified atom stereocenters. The molecule has 5 heteroatoms. The normalized spacial score (nSPS) is 10.5. The molecule has 0 radical (unpaired) electrons. The van der Waals surface area contributed by atoms with Crippen molar-refractivity contribution in [2.45, 2.75) is 0 Å². The molecule has 0 aromatic carbocycles. The molecule has 2 heterocycles. The predicted molar refractivity (Wildman–Crippen MR) is 49.9 cm³/mol. The molecule has 2 aromatic rings. The molecule has 0 atom stereocenters. The molecule has 66 valence electrons. The van der Waals surface area contributed by atoms with E-state index in [0.29, 0.717) is 5.52 Å². The minimum atomic E-state index is -0.952. The molecule has 0 aliphatic heterocycles. The summed E-state index contributed by atoms with van der Waals surface area (Å²) in [5.74, 6) is -0.952. The highest BCUT2D eigenvalue weighted by Gasteiger charge is 2.09. The first-order valence-electron chi connectivity index (χ1n) is 3.53. The molecule has 0 amide bonds. The molecule has 0 fully saturated rings. The number of carbonyl (C=O) groups is 1. The molecule has 0 bridgehead atoms. The first-order chi connectivity index (χ1) is 6.18. The first-order valence-corrected chi connectivity index (χ1v) is 4.32. The summed E-state index contributed by atoms with van der Waals surface area (Å²) in [6.45, 7) is 0. The van der Waals surface area contributed by atoms with Crippen molar-refractivity contribution in [2.75, 3.05) is 0 Å². The summed E-state index contributed by atoms with van der Waals surface area (Å²) in [5.41, 5.74) is 0.836. The van der Waals surface area contributed by atoms with Crippen molar-refractivity contribution in [2.24, 2.45) is 0 Å². The van der Waals surface area contributed by atoms with E-state index in [1.165, 1.54) is 6.20 Å². The van der Waals surface area contributed by atoms with Crippen LogP contribution >= 0.6 is 15.9 Å². The van der Waals surface area contributed by atoms with Crippen molar-refractivity contribution in [3.8, 4) is 0 Å². The Balaban J connectivity index is 2.84. The van der Waals surface area contributed by atoms with E-state index in [2.05, 4.69) is 20.9 Å². The summed E-state index contributed by atoms with van der Waals surface area (Å²) in [4.78, 5) is 14.7. The summed E-state index contributed by atoms with van der Waals surface area (Å²) < 4.78 is 2.38. The number of hydrogen-bond acceptors (Lipinski definition) is 2. The van der Waals surface area contributed by atoms with Gasteiger partial charge in [0.1, 0.15) is 0 Å². The number of pyridine rings is 1. The second-order valence-electron chi connectivity index (χ2n) is 2.56. The topological polar surface area (TPSA) is 54.6 Å². The summed E-state index contributed by atoms with van der Waals surface area (Å²) in [7, 11) is 0. The Kier molecular flexibility index (Phi) is 1.81. The fraction of sp³-hybridized carbons (Fsp3) is 0. The quantitative estimate of drug-likeness (QED) is 0.828. The summed E-state index contributed by atoms with van der Waals surface area (Å²) in [6.07, 6.45) is 4.84. The second-order valence-corrected chi connectivity index (χ2v) is 3.48. The van der Waals surface area contributed by atoms with Gasteiger partial charge in [0.15, 0.2) is 0 Å². The number of nitrogens with zero attached hydrogens (tertiary/aromatic N) is 2. The van der Waals surface area contributed by atoms with E-state index in [1.54, 1.807) is 23.0 Å². The minimum Gasteiger partial charge on any atom is -0.478 e. The average Bonchev–Trinajstić information content (AvgIpc) is 2.49. The Labute approximate surface area is 82.0 Å². The maximum atomic E-state index is 10.8. The van der Waals surface area contributed by atoms with Crippen LogP contribution in [0.1, 0.15) is 10.4 Å². The van der Waals surface area contributed by atoms with Crippen molar-refractivity contribution >= 4 is 27.4 Å². The number of imidazole rings is 1.